The lowest BCUT2D eigenvalue weighted by Crippen LogP contribution is -2.56. The molecule has 0 radical (unpaired) electrons. The molecule has 0 saturated heterocycles. The smallest absolute Gasteiger partial charge is 0.407 e. The Kier molecular flexibility index (Phi) is 10.9. The van der Waals surface area contributed by atoms with Crippen LogP contribution in [0, 0.1) is 17.2 Å². The molecule has 2 N–H and O–H groups in total. The number of ether oxygens (including phenoxy) is 1. The summed E-state index contributed by atoms with van der Waals surface area (Å²) >= 11 is 0. The number of aromatic nitrogens is 2. The second-order valence-corrected chi connectivity index (χ2v) is 9.79. The summed E-state index contributed by atoms with van der Waals surface area (Å²) in [6.45, 7) is 11.7. The number of alkyl carbamates (subject to hydrolysis) is 1. The molecular formula is C26H37N7O3. The monoisotopic (exact) mass is 495 g/mol. The van der Waals surface area contributed by atoms with Gasteiger partial charge < -0.3 is 15.0 Å². The van der Waals surface area contributed by atoms with Crippen molar-refractivity contribution in [3.8, 4) is 6.07 Å². The number of rotatable bonds is 11. The summed E-state index contributed by atoms with van der Waals surface area (Å²) in [4.78, 5) is 35.1. The molecule has 2 rings (SSSR count). The molecule has 0 unspecified atom stereocenters. The van der Waals surface area contributed by atoms with Crippen LogP contribution in [-0.4, -0.2) is 52.2 Å². The lowest BCUT2D eigenvalue weighted by molar-refractivity contribution is 0.136. The van der Waals surface area contributed by atoms with Gasteiger partial charge in [0.25, 0.3) is 0 Å². The van der Waals surface area contributed by atoms with Gasteiger partial charge in [0.1, 0.15) is 12.7 Å². The third-order valence-electron chi connectivity index (χ3n) is 5.14. The molecule has 0 spiro atoms. The quantitative estimate of drug-likeness (QED) is 0.353. The molecule has 10 nitrogen and oxygen atoms in total. The van der Waals surface area contributed by atoms with Crippen molar-refractivity contribution in [3.05, 3.63) is 54.0 Å². The maximum Gasteiger partial charge on any atom is 0.407 e. The first-order chi connectivity index (χ1) is 17.1. The number of nitrogens with one attached hydrogen (secondary N) is 2. The summed E-state index contributed by atoms with van der Waals surface area (Å²) in [5.41, 5.74) is 3.44. The Labute approximate surface area is 213 Å². The SMILES string of the molecule is CC(C)CN(NC(=O)N(CCCCNC(=O)OCc1ccccc1)C(C)(C)C)c1ccnc(C#N)n1. The van der Waals surface area contributed by atoms with E-state index in [9.17, 15) is 9.59 Å². The van der Waals surface area contributed by atoms with E-state index in [1.807, 2.05) is 71.0 Å². The van der Waals surface area contributed by atoms with Gasteiger partial charge in [-0.2, -0.15) is 10.2 Å². The highest BCUT2D eigenvalue weighted by Gasteiger charge is 2.28. The molecule has 10 heteroatoms. The fourth-order valence-electron chi connectivity index (χ4n) is 3.39. The van der Waals surface area contributed by atoms with Crippen LogP contribution in [-0.2, 0) is 11.3 Å². The minimum Gasteiger partial charge on any atom is -0.445 e. The Bertz CT molecular complexity index is 1020. The maximum atomic E-state index is 13.3. The first kappa shape index (κ1) is 28.4. The number of unbranched alkanes of at least 4 members (excludes halogenated alkanes) is 1. The highest BCUT2D eigenvalue weighted by atomic mass is 16.5. The summed E-state index contributed by atoms with van der Waals surface area (Å²) in [6, 6.07) is 12.8. The van der Waals surface area contributed by atoms with Gasteiger partial charge in [0.05, 0.1) is 0 Å². The van der Waals surface area contributed by atoms with E-state index < -0.39 is 11.6 Å². The van der Waals surface area contributed by atoms with Gasteiger partial charge in [-0.1, -0.05) is 44.2 Å². The van der Waals surface area contributed by atoms with E-state index in [0.29, 0.717) is 38.3 Å². The van der Waals surface area contributed by atoms with E-state index in [2.05, 4.69) is 20.7 Å². The highest BCUT2D eigenvalue weighted by Crippen LogP contribution is 2.16. The first-order valence-corrected chi connectivity index (χ1v) is 12.1. The Balaban J connectivity index is 1.88. The molecule has 36 heavy (non-hydrogen) atoms. The Morgan fingerprint density at radius 2 is 1.86 bits per heavy atom. The average Bonchev–Trinajstić information content (AvgIpc) is 2.84. The van der Waals surface area contributed by atoms with Crippen LogP contribution in [0.4, 0.5) is 15.4 Å². The van der Waals surface area contributed by atoms with E-state index in [1.54, 1.807) is 16.0 Å². The molecule has 194 valence electrons. The molecular weight excluding hydrogens is 458 g/mol. The summed E-state index contributed by atoms with van der Waals surface area (Å²) in [6.07, 6.45) is 2.42. The molecule has 2 aromatic rings. The van der Waals surface area contributed by atoms with Crippen molar-refractivity contribution in [2.45, 2.75) is 59.6 Å². The van der Waals surface area contributed by atoms with Crippen LogP contribution in [0.2, 0.25) is 0 Å². The van der Waals surface area contributed by atoms with Crippen LogP contribution in [0.5, 0.6) is 0 Å². The van der Waals surface area contributed by atoms with Crippen molar-refractivity contribution in [2.75, 3.05) is 24.6 Å². The molecule has 0 aliphatic rings. The van der Waals surface area contributed by atoms with E-state index in [-0.39, 0.29) is 24.4 Å². The molecule has 0 saturated carbocycles. The van der Waals surface area contributed by atoms with Crippen molar-refractivity contribution in [3.63, 3.8) is 0 Å². The number of urea groups is 1. The van der Waals surface area contributed by atoms with Crippen molar-refractivity contribution in [2.24, 2.45) is 5.92 Å². The molecule has 3 amide bonds. The predicted octanol–water partition coefficient (Wildman–Crippen LogP) is 4.24. The zero-order chi connectivity index (χ0) is 26.6. The number of carbonyl (C=O) groups excluding carboxylic acids is 2. The molecule has 0 fully saturated rings. The fraction of sp³-hybridized carbons (Fsp3) is 0.500. The minimum atomic E-state index is -0.463. The largest absolute Gasteiger partial charge is 0.445 e. The summed E-state index contributed by atoms with van der Waals surface area (Å²) in [5.74, 6) is 0.732. The number of hydrazine groups is 1. The molecule has 1 heterocycles. The topological polar surface area (TPSA) is 123 Å². The summed E-state index contributed by atoms with van der Waals surface area (Å²) in [5, 5.41) is 13.5. The number of hydrogen-bond donors (Lipinski definition) is 2. The normalized spacial score (nSPS) is 10.9. The van der Waals surface area contributed by atoms with Gasteiger partial charge >= 0.3 is 12.1 Å². The zero-order valence-corrected chi connectivity index (χ0v) is 21.8. The molecule has 0 aliphatic carbocycles. The van der Waals surface area contributed by atoms with Crippen LogP contribution in [0.15, 0.2) is 42.6 Å². The van der Waals surface area contributed by atoms with Crippen LogP contribution >= 0.6 is 0 Å². The van der Waals surface area contributed by atoms with Crippen LogP contribution in [0.25, 0.3) is 0 Å². The number of benzene rings is 1. The van der Waals surface area contributed by atoms with Gasteiger partial charge in [0.15, 0.2) is 5.82 Å². The molecule has 0 aliphatic heterocycles. The van der Waals surface area contributed by atoms with Crippen molar-refractivity contribution in [1.82, 2.24) is 25.6 Å². The van der Waals surface area contributed by atoms with E-state index in [1.165, 1.54) is 6.20 Å². The predicted molar refractivity (Wildman–Crippen MR) is 138 cm³/mol. The first-order valence-electron chi connectivity index (χ1n) is 12.1. The van der Waals surface area contributed by atoms with Gasteiger partial charge in [0, 0.05) is 37.4 Å². The minimum absolute atomic E-state index is 0.0398. The van der Waals surface area contributed by atoms with Gasteiger partial charge in [0.2, 0.25) is 5.82 Å². The lowest BCUT2D eigenvalue weighted by atomic mass is 10.1. The Morgan fingerprint density at radius 3 is 2.50 bits per heavy atom. The standard InChI is InChI=1S/C26H37N7O3/c1-20(2)18-33(23-13-15-28-22(17-27)30-23)31-24(34)32(26(3,4)5)16-10-9-14-29-25(35)36-19-21-11-7-6-8-12-21/h6-8,11-13,15,20H,9-10,14,16,18-19H2,1-5H3,(H,29,35)(H,31,34). The number of anilines is 1. The molecule has 0 bridgehead atoms. The summed E-state index contributed by atoms with van der Waals surface area (Å²) < 4.78 is 5.22. The van der Waals surface area contributed by atoms with Crippen LogP contribution in [0.1, 0.15) is 58.8 Å². The average molecular weight is 496 g/mol. The second kappa shape index (κ2) is 13.9. The zero-order valence-electron chi connectivity index (χ0n) is 21.8. The van der Waals surface area contributed by atoms with Gasteiger partial charge in [-0.25, -0.2) is 20.0 Å². The van der Waals surface area contributed by atoms with Crippen molar-refractivity contribution >= 4 is 17.9 Å². The van der Waals surface area contributed by atoms with Crippen molar-refractivity contribution < 1.29 is 14.3 Å². The third kappa shape index (κ3) is 9.78. The Morgan fingerprint density at radius 1 is 1.14 bits per heavy atom. The van der Waals surface area contributed by atoms with Gasteiger partial charge in [-0.3, -0.25) is 5.01 Å². The van der Waals surface area contributed by atoms with E-state index >= 15 is 0 Å². The third-order valence-corrected chi connectivity index (χ3v) is 5.14. The molecule has 1 aromatic carbocycles. The number of nitriles is 1. The van der Waals surface area contributed by atoms with Crippen LogP contribution in [0.3, 0.4) is 0 Å². The Hall–Kier alpha value is -3.87. The number of hydrogen-bond acceptors (Lipinski definition) is 7. The summed E-state index contributed by atoms with van der Waals surface area (Å²) in [7, 11) is 0. The van der Waals surface area contributed by atoms with Gasteiger partial charge in [-0.05, 0) is 45.1 Å². The number of carbonyl (C=O) groups is 2. The lowest BCUT2D eigenvalue weighted by Gasteiger charge is -2.38. The van der Waals surface area contributed by atoms with Crippen molar-refractivity contribution in [1.29, 1.82) is 5.26 Å². The maximum absolute atomic E-state index is 13.3. The molecule has 1 aromatic heterocycles. The highest BCUT2D eigenvalue weighted by molar-refractivity contribution is 5.76. The van der Waals surface area contributed by atoms with E-state index in [0.717, 1.165) is 5.56 Å². The second-order valence-electron chi connectivity index (χ2n) is 9.79. The number of amides is 3. The van der Waals surface area contributed by atoms with Gasteiger partial charge in [-0.15, -0.1) is 0 Å². The van der Waals surface area contributed by atoms with E-state index in [4.69, 9.17) is 10.00 Å². The fourth-order valence-corrected chi connectivity index (χ4v) is 3.39. The van der Waals surface area contributed by atoms with Crippen LogP contribution < -0.4 is 15.8 Å². The number of nitrogens with zero attached hydrogens (tertiary/aromatic N) is 5. The molecule has 0 atom stereocenters.